The van der Waals surface area contributed by atoms with Gasteiger partial charge in [0.25, 0.3) is 0 Å². The lowest BCUT2D eigenvalue weighted by molar-refractivity contribution is -0.00298. The maximum atomic E-state index is 11.4. The van der Waals surface area contributed by atoms with Crippen LogP contribution in [0.4, 0.5) is 5.82 Å². The molecule has 0 aromatic carbocycles. The molecule has 0 saturated heterocycles. The van der Waals surface area contributed by atoms with Crippen LogP contribution in [0, 0.1) is 30.6 Å². The van der Waals surface area contributed by atoms with Gasteiger partial charge in [0.05, 0.1) is 0 Å². The summed E-state index contributed by atoms with van der Waals surface area (Å²) in [6.45, 7) is 1.97. The van der Waals surface area contributed by atoms with Crippen LogP contribution in [-0.4, -0.2) is 9.97 Å². The molecule has 0 spiro atoms. The minimum absolute atomic E-state index is 0.317. The molecule has 0 atom stereocenters. The smallest absolute Gasteiger partial charge is 0.347 e. The van der Waals surface area contributed by atoms with E-state index in [1.807, 2.05) is 6.92 Å². The van der Waals surface area contributed by atoms with Crippen molar-refractivity contribution < 1.29 is 0 Å². The molecule has 1 aromatic heterocycles. The molecule has 19 heavy (non-hydrogen) atoms. The summed E-state index contributed by atoms with van der Waals surface area (Å²) in [5.41, 5.74) is 7.84. The van der Waals surface area contributed by atoms with Gasteiger partial charge in [-0.3, -0.25) is 0 Å². The number of H-pyrrole nitrogens is 1. The first kappa shape index (κ1) is 11.5. The van der Waals surface area contributed by atoms with E-state index in [1.54, 1.807) is 0 Å². The van der Waals surface area contributed by atoms with Crippen molar-refractivity contribution in [3.63, 3.8) is 0 Å². The molecule has 1 heterocycles. The highest BCUT2D eigenvalue weighted by atomic mass is 16.1. The zero-order chi connectivity index (χ0) is 13.1. The third-order valence-electron chi connectivity index (χ3n) is 5.76. The minimum atomic E-state index is -0.317. The summed E-state index contributed by atoms with van der Waals surface area (Å²) in [5.74, 6) is 4.46. The van der Waals surface area contributed by atoms with Gasteiger partial charge in [0.1, 0.15) is 5.82 Å². The Kier molecular flexibility index (Phi) is 2.32. The Labute approximate surface area is 112 Å². The number of rotatable bonds is 1. The van der Waals surface area contributed by atoms with Crippen molar-refractivity contribution in [3.8, 4) is 0 Å². The number of nitrogen functional groups attached to an aromatic ring is 1. The third kappa shape index (κ3) is 1.65. The molecule has 5 rings (SSSR count). The maximum Gasteiger partial charge on any atom is 0.347 e. The molecule has 0 unspecified atom stereocenters. The maximum absolute atomic E-state index is 11.4. The van der Waals surface area contributed by atoms with Gasteiger partial charge in [-0.15, -0.1) is 0 Å². The van der Waals surface area contributed by atoms with Crippen LogP contribution < -0.4 is 11.4 Å². The van der Waals surface area contributed by atoms with Crippen molar-refractivity contribution in [2.75, 3.05) is 5.73 Å². The van der Waals surface area contributed by atoms with Crippen molar-refractivity contribution in [1.82, 2.24) is 9.97 Å². The van der Waals surface area contributed by atoms with E-state index in [2.05, 4.69) is 9.97 Å². The van der Waals surface area contributed by atoms with E-state index < -0.39 is 0 Å². The fraction of sp³-hybridized carbons (Fsp3) is 0.733. The Hall–Kier alpha value is -1.32. The van der Waals surface area contributed by atoms with E-state index in [9.17, 15) is 4.79 Å². The summed E-state index contributed by atoms with van der Waals surface area (Å²) in [5, 5.41) is 0. The van der Waals surface area contributed by atoms with Crippen LogP contribution in [0.15, 0.2) is 4.79 Å². The number of anilines is 1. The standard InChI is InChI=1S/C15H21N3O/c1-7-12(14(16)18-15(19)17-7)13-10-3-8-2-9(5-10)6-11(13)4-8/h8-11,13H,2-6H2,1H3,(H3,16,17,18,19). The fourth-order valence-corrected chi connectivity index (χ4v) is 5.43. The van der Waals surface area contributed by atoms with Gasteiger partial charge < -0.3 is 10.7 Å². The predicted octanol–water partition coefficient (Wildman–Crippen LogP) is 2.20. The summed E-state index contributed by atoms with van der Waals surface area (Å²) in [6.07, 6.45) is 6.88. The Morgan fingerprint density at radius 1 is 1.11 bits per heavy atom. The first-order valence-electron chi connectivity index (χ1n) is 7.48. The highest BCUT2D eigenvalue weighted by molar-refractivity contribution is 5.45. The Morgan fingerprint density at radius 3 is 2.21 bits per heavy atom. The van der Waals surface area contributed by atoms with Gasteiger partial charge in [-0.2, -0.15) is 4.98 Å². The summed E-state index contributed by atoms with van der Waals surface area (Å²) in [6, 6.07) is 0. The van der Waals surface area contributed by atoms with E-state index in [0.29, 0.717) is 11.7 Å². The van der Waals surface area contributed by atoms with Crippen molar-refractivity contribution >= 4 is 5.82 Å². The summed E-state index contributed by atoms with van der Waals surface area (Å²) in [4.78, 5) is 18.2. The van der Waals surface area contributed by atoms with Gasteiger partial charge in [0.15, 0.2) is 0 Å². The van der Waals surface area contributed by atoms with E-state index in [-0.39, 0.29) is 5.69 Å². The second-order valence-corrected chi connectivity index (χ2v) is 6.92. The van der Waals surface area contributed by atoms with E-state index in [4.69, 9.17) is 5.73 Å². The molecule has 3 N–H and O–H groups in total. The molecule has 102 valence electrons. The third-order valence-corrected chi connectivity index (χ3v) is 5.76. The fourth-order valence-electron chi connectivity index (χ4n) is 5.43. The number of hydrogen-bond acceptors (Lipinski definition) is 3. The highest BCUT2D eigenvalue weighted by Gasteiger charge is 2.49. The zero-order valence-electron chi connectivity index (χ0n) is 11.4. The summed E-state index contributed by atoms with van der Waals surface area (Å²) >= 11 is 0. The molecular weight excluding hydrogens is 238 g/mol. The number of nitrogens with zero attached hydrogens (tertiary/aromatic N) is 1. The predicted molar refractivity (Wildman–Crippen MR) is 73.8 cm³/mol. The van der Waals surface area contributed by atoms with Gasteiger partial charge in [-0.25, -0.2) is 4.79 Å². The van der Waals surface area contributed by atoms with E-state index in [1.165, 1.54) is 32.1 Å². The van der Waals surface area contributed by atoms with Gasteiger partial charge >= 0.3 is 5.69 Å². The number of nitrogens with one attached hydrogen (secondary N) is 1. The average Bonchev–Trinajstić information content (AvgIpc) is 2.30. The van der Waals surface area contributed by atoms with E-state index >= 15 is 0 Å². The van der Waals surface area contributed by atoms with Crippen LogP contribution in [0.25, 0.3) is 0 Å². The summed E-state index contributed by atoms with van der Waals surface area (Å²) < 4.78 is 0. The van der Waals surface area contributed by atoms with Gasteiger partial charge in [-0.1, -0.05) is 0 Å². The van der Waals surface area contributed by atoms with Crippen LogP contribution in [-0.2, 0) is 0 Å². The number of aromatic amines is 1. The quantitative estimate of drug-likeness (QED) is 0.812. The van der Waals surface area contributed by atoms with Crippen LogP contribution in [0.3, 0.4) is 0 Å². The molecule has 1 aromatic rings. The first-order chi connectivity index (χ1) is 9.11. The SMILES string of the molecule is Cc1[nH]c(=O)nc(N)c1C1C2CC3CC(C2)CC1C3. The van der Waals surface area contributed by atoms with Gasteiger partial charge in [0.2, 0.25) is 0 Å². The molecule has 4 nitrogen and oxygen atoms in total. The second kappa shape index (κ2) is 3.84. The second-order valence-electron chi connectivity index (χ2n) is 6.92. The molecule has 4 heteroatoms. The van der Waals surface area contributed by atoms with Crippen molar-refractivity contribution in [1.29, 1.82) is 0 Å². The molecule has 4 saturated carbocycles. The van der Waals surface area contributed by atoms with Crippen LogP contribution in [0.2, 0.25) is 0 Å². The lowest BCUT2D eigenvalue weighted by Gasteiger charge is -2.54. The molecular formula is C15H21N3O. The minimum Gasteiger partial charge on any atom is -0.383 e. The number of aryl methyl sites for hydroxylation is 1. The summed E-state index contributed by atoms with van der Waals surface area (Å²) in [7, 11) is 0. The lowest BCUT2D eigenvalue weighted by atomic mass is 9.50. The van der Waals surface area contributed by atoms with Gasteiger partial charge in [0, 0.05) is 11.3 Å². The molecule has 4 aliphatic carbocycles. The van der Waals surface area contributed by atoms with Crippen LogP contribution in [0.1, 0.15) is 49.3 Å². The molecule has 0 radical (unpaired) electrons. The Morgan fingerprint density at radius 2 is 1.68 bits per heavy atom. The first-order valence-corrected chi connectivity index (χ1v) is 7.48. The zero-order valence-corrected chi connectivity index (χ0v) is 11.4. The topological polar surface area (TPSA) is 71.8 Å². The molecule has 4 aliphatic rings. The Bertz CT molecular complexity index is 523. The normalized spacial score (nSPS) is 39.7. The lowest BCUT2D eigenvalue weighted by Crippen LogP contribution is -2.44. The van der Waals surface area contributed by atoms with Crippen molar-refractivity contribution in [2.45, 2.75) is 44.9 Å². The Balaban J connectivity index is 1.79. The number of hydrogen-bond donors (Lipinski definition) is 2. The van der Waals surface area contributed by atoms with Crippen LogP contribution in [0.5, 0.6) is 0 Å². The monoisotopic (exact) mass is 259 g/mol. The highest BCUT2D eigenvalue weighted by Crippen LogP contribution is 2.60. The molecule has 4 fully saturated rings. The van der Waals surface area contributed by atoms with Gasteiger partial charge in [-0.05, 0) is 68.6 Å². The average molecular weight is 259 g/mol. The van der Waals surface area contributed by atoms with Crippen molar-refractivity contribution in [3.05, 3.63) is 21.7 Å². The molecule has 0 amide bonds. The molecule has 4 bridgehead atoms. The van der Waals surface area contributed by atoms with Crippen molar-refractivity contribution in [2.24, 2.45) is 23.7 Å². The number of aromatic nitrogens is 2. The largest absolute Gasteiger partial charge is 0.383 e. The molecule has 0 aliphatic heterocycles. The van der Waals surface area contributed by atoms with E-state index in [0.717, 1.165) is 34.9 Å². The number of nitrogens with two attached hydrogens (primary N) is 1. The van der Waals surface area contributed by atoms with Crippen LogP contribution >= 0.6 is 0 Å².